The van der Waals surface area contributed by atoms with Crippen molar-refractivity contribution in [2.75, 3.05) is 23.8 Å². The Kier molecular flexibility index (Phi) is 3.57. The zero-order valence-corrected chi connectivity index (χ0v) is 11.7. The van der Waals surface area contributed by atoms with E-state index in [1.54, 1.807) is 11.3 Å². The van der Waals surface area contributed by atoms with Crippen LogP contribution < -0.4 is 10.6 Å². The number of nitrogens with two attached hydrogens (primary N) is 1. The van der Waals surface area contributed by atoms with Gasteiger partial charge in [0.2, 0.25) is 0 Å². The second-order valence-corrected chi connectivity index (χ2v) is 5.94. The lowest BCUT2D eigenvalue weighted by molar-refractivity contribution is 0.283. The number of nitrogens with zero attached hydrogens (tertiary/aromatic N) is 2. The molecule has 2 aromatic rings. The van der Waals surface area contributed by atoms with Gasteiger partial charge in [-0.1, -0.05) is 0 Å². The first-order valence-corrected chi connectivity index (χ1v) is 7.68. The summed E-state index contributed by atoms with van der Waals surface area (Å²) in [7, 11) is 0. The van der Waals surface area contributed by atoms with Gasteiger partial charge >= 0.3 is 0 Å². The number of hydrogen-bond acceptors (Lipinski definition) is 5. The standard InChI is InChI=1S/C14H19N3OS/c15-13-11(5-6-12-14(13)16-9-19-12)17(7-2-8-18)10-3-1-4-10/h5-6,9-10,18H,1-4,7-8,15H2. The van der Waals surface area contributed by atoms with E-state index in [0.29, 0.717) is 6.04 Å². The van der Waals surface area contributed by atoms with Crippen molar-refractivity contribution < 1.29 is 5.11 Å². The normalized spacial score (nSPS) is 15.6. The summed E-state index contributed by atoms with van der Waals surface area (Å²) in [4.78, 5) is 6.72. The molecule has 4 nitrogen and oxygen atoms in total. The second kappa shape index (κ2) is 5.35. The minimum Gasteiger partial charge on any atom is -0.396 e. The number of fused-ring (bicyclic) bond motifs is 1. The SMILES string of the molecule is Nc1c(N(CCCO)C2CCC2)ccc2scnc12. The number of benzene rings is 1. The van der Waals surface area contributed by atoms with Gasteiger partial charge in [-0.25, -0.2) is 4.98 Å². The molecule has 3 N–H and O–H groups in total. The van der Waals surface area contributed by atoms with Crippen molar-refractivity contribution in [3.8, 4) is 0 Å². The highest BCUT2D eigenvalue weighted by atomic mass is 32.1. The highest BCUT2D eigenvalue weighted by molar-refractivity contribution is 7.16. The Bertz CT molecular complexity index is 565. The summed E-state index contributed by atoms with van der Waals surface area (Å²) in [6, 6.07) is 4.78. The molecule has 1 heterocycles. The molecule has 0 unspecified atom stereocenters. The van der Waals surface area contributed by atoms with E-state index in [4.69, 9.17) is 10.8 Å². The van der Waals surface area contributed by atoms with Gasteiger partial charge in [-0.3, -0.25) is 0 Å². The van der Waals surface area contributed by atoms with Crippen LogP contribution in [-0.2, 0) is 0 Å². The van der Waals surface area contributed by atoms with E-state index >= 15 is 0 Å². The summed E-state index contributed by atoms with van der Waals surface area (Å²) in [6.07, 6.45) is 4.52. The predicted octanol–water partition coefficient (Wildman–Crippen LogP) is 2.62. The molecule has 0 spiro atoms. The molecule has 1 aliphatic carbocycles. The van der Waals surface area contributed by atoms with Gasteiger partial charge in [-0.05, 0) is 37.8 Å². The fourth-order valence-corrected chi connectivity index (χ4v) is 3.32. The molecule has 0 amide bonds. The molecule has 3 rings (SSSR count). The number of hydrogen-bond donors (Lipinski definition) is 2. The van der Waals surface area contributed by atoms with Gasteiger partial charge in [0.1, 0.15) is 5.52 Å². The summed E-state index contributed by atoms with van der Waals surface area (Å²) in [6.45, 7) is 1.09. The van der Waals surface area contributed by atoms with Crippen molar-refractivity contribution in [2.24, 2.45) is 0 Å². The van der Waals surface area contributed by atoms with Crippen LogP contribution in [0.4, 0.5) is 11.4 Å². The summed E-state index contributed by atoms with van der Waals surface area (Å²) in [5.74, 6) is 0. The molecule has 0 radical (unpaired) electrons. The maximum Gasteiger partial charge on any atom is 0.106 e. The van der Waals surface area contributed by atoms with Crippen LogP contribution in [0.3, 0.4) is 0 Å². The first kappa shape index (κ1) is 12.7. The first-order valence-electron chi connectivity index (χ1n) is 6.80. The third kappa shape index (κ3) is 2.28. The zero-order chi connectivity index (χ0) is 13.2. The number of aliphatic hydroxyl groups is 1. The highest BCUT2D eigenvalue weighted by Crippen LogP contribution is 2.37. The molecule has 102 valence electrons. The van der Waals surface area contributed by atoms with Gasteiger partial charge in [-0.15, -0.1) is 11.3 Å². The molecule has 1 aromatic carbocycles. The van der Waals surface area contributed by atoms with Crippen molar-refractivity contribution in [1.82, 2.24) is 4.98 Å². The molecule has 1 aromatic heterocycles. The average molecular weight is 277 g/mol. The molecule has 0 bridgehead atoms. The molecule has 0 atom stereocenters. The largest absolute Gasteiger partial charge is 0.396 e. The van der Waals surface area contributed by atoms with Crippen LogP contribution >= 0.6 is 11.3 Å². The lowest BCUT2D eigenvalue weighted by atomic mass is 9.90. The number of aliphatic hydroxyl groups excluding tert-OH is 1. The van der Waals surface area contributed by atoms with Crippen LogP contribution in [0.1, 0.15) is 25.7 Å². The van der Waals surface area contributed by atoms with Gasteiger partial charge in [0.15, 0.2) is 0 Å². The molecular weight excluding hydrogens is 258 g/mol. The fourth-order valence-electron chi connectivity index (χ4n) is 2.63. The quantitative estimate of drug-likeness (QED) is 0.825. The third-order valence-corrected chi connectivity index (χ3v) is 4.69. The van der Waals surface area contributed by atoms with Gasteiger partial charge in [0.05, 0.1) is 21.6 Å². The lowest BCUT2D eigenvalue weighted by Crippen LogP contribution is -2.41. The summed E-state index contributed by atoms with van der Waals surface area (Å²) < 4.78 is 1.14. The van der Waals surface area contributed by atoms with Crippen LogP contribution in [0.15, 0.2) is 17.6 Å². The van der Waals surface area contributed by atoms with Crippen molar-refractivity contribution in [2.45, 2.75) is 31.7 Å². The van der Waals surface area contributed by atoms with Crippen LogP contribution in [0.5, 0.6) is 0 Å². The molecule has 1 aliphatic rings. The minimum absolute atomic E-state index is 0.224. The van der Waals surface area contributed by atoms with E-state index in [1.807, 2.05) is 5.51 Å². The van der Waals surface area contributed by atoms with Crippen LogP contribution in [0.25, 0.3) is 10.2 Å². The molecule has 19 heavy (non-hydrogen) atoms. The summed E-state index contributed by atoms with van der Waals surface area (Å²) in [5.41, 5.74) is 10.9. The van der Waals surface area contributed by atoms with Gasteiger partial charge < -0.3 is 15.7 Å². The van der Waals surface area contributed by atoms with Crippen molar-refractivity contribution in [3.05, 3.63) is 17.6 Å². The molecule has 1 fully saturated rings. The highest BCUT2D eigenvalue weighted by Gasteiger charge is 2.26. The van der Waals surface area contributed by atoms with E-state index in [1.165, 1.54) is 19.3 Å². The Hall–Kier alpha value is -1.33. The zero-order valence-electron chi connectivity index (χ0n) is 10.9. The van der Waals surface area contributed by atoms with Gasteiger partial charge in [0.25, 0.3) is 0 Å². The van der Waals surface area contributed by atoms with Gasteiger partial charge in [-0.2, -0.15) is 0 Å². The maximum absolute atomic E-state index is 9.07. The number of rotatable bonds is 5. The summed E-state index contributed by atoms with van der Waals surface area (Å²) in [5, 5.41) is 9.07. The summed E-state index contributed by atoms with van der Waals surface area (Å²) >= 11 is 1.62. The Labute approximate surface area is 116 Å². The topological polar surface area (TPSA) is 62.4 Å². The van der Waals surface area contributed by atoms with Gasteiger partial charge in [0, 0.05) is 19.2 Å². The Balaban J connectivity index is 1.95. The van der Waals surface area contributed by atoms with E-state index in [2.05, 4.69) is 22.0 Å². The Morgan fingerprint density at radius 1 is 1.42 bits per heavy atom. The number of nitrogen functional groups attached to an aromatic ring is 1. The molecule has 0 saturated heterocycles. The van der Waals surface area contributed by atoms with Crippen LogP contribution in [0, 0.1) is 0 Å². The maximum atomic E-state index is 9.07. The fraction of sp³-hybridized carbons (Fsp3) is 0.500. The monoisotopic (exact) mass is 277 g/mol. The smallest absolute Gasteiger partial charge is 0.106 e. The Morgan fingerprint density at radius 2 is 2.26 bits per heavy atom. The van der Waals surface area contributed by atoms with Crippen LogP contribution in [0.2, 0.25) is 0 Å². The molecule has 0 aliphatic heterocycles. The van der Waals surface area contributed by atoms with E-state index in [-0.39, 0.29) is 6.61 Å². The second-order valence-electron chi connectivity index (χ2n) is 5.05. The average Bonchev–Trinajstić information content (AvgIpc) is 2.82. The lowest BCUT2D eigenvalue weighted by Gasteiger charge is -2.39. The molecular formula is C14H19N3OS. The van der Waals surface area contributed by atoms with Crippen molar-refractivity contribution >= 4 is 32.9 Å². The third-order valence-electron chi connectivity index (χ3n) is 3.90. The minimum atomic E-state index is 0.224. The van der Waals surface area contributed by atoms with E-state index in [0.717, 1.165) is 34.6 Å². The Morgan fingerprint density at radius 3 is 2.95 bits per heavy atom. The van der Waals surface area contributed by atoms with Crippen LogP contribution in [-0.4, -0.2) is 29.3 Å². The number of aromatic nitrogens is 1. The van der Waals surface area contributed by atoms with E-state index < -0.39 is 0 Å². The molecule has 5 heteroatoms. The van der Waals surface area contributed by atoms with Crippen molar-refractivity contribution in [3.63, 3.8) is 0 Å². The first-order chi connectivity index (χ1) is 9.31. The number of anilines is 2. The van der Waals surface area contributed by atoms with Crippen molar-refractivity contribution in [1.29, 1.82) is 0 Å². The number of thiazole rings is 1. The molecule has 1 saturated carbocycles. The predicted molar refractivity (Wildman–Crippen MR) is 80.7 cm³/mol. The van der Waals surface area contributed by atoms with E-state index in [9.17, 15) is 0 Å².